The molecule has 5 atom stereocenters. The minimum atomic E-state index is -1.07. The lowest BCUT2D eigenvalue weighted by Crippen LogP contribution is -2.59. The van der Waals surface area contributed by atoms with Crippen LogP contribution in [0.1, 0.15) is 44.7 Å². The second kappa shape index (κ2) is 15.9. The second-order valence-corrected chi connectivity index (χ2v) is 11.5. The van der Waals surface area contributed by atoms with Gasteiger partial charge in [0.2, 0.25) is 29.5 Å². The lowest BCUT2D eigenvalue weighted by atomic mass is 10.0. The topological polar surface area (TPSA) is 183 Å². The Balaban J connectivity index is 1.79. The molecule has 1 saturated heterocycles. The Morgan fingerprint density at radius 2 is 1.48 bits per heavy atom. The molecule has 0 unspecified atom stereocenters. The molecule has 1 aliphatic heterocycles. The fourth-order valence-electron chi connectivity index (χ4n) is 5.09. The number of phenolic OH excluding ortho intramolecular Hbond substituents is 1. The minimum Gasteiger partial charge on any atom is -0.508 e. The Bertz CT molecular complexity index is 1300. The number of amides is 5. The summed E-state index contributed by atoms with van der Waals surface area (Å²) in [4.78, 5) is 67.2. The van der Waals surface area contributed by atoms with Crippen molar-refractivity contribution in [1.82, 2.24) is 26.2 Å². The number of rotatable bonds is 14. The highest BCUT2D eigenvalue weighted by molar-refractivity contribution is 5.96. The number of hydrogen-bond acceptors (Lipinski definition) is 7. The number of carbonyl (C=O) groups is 5. The van der Waals surface area contributed by atoms with E-state index in [4.69, 9.17) is 5.73 Å². The third-order valence-electron chi connectivity index (χ3n) is 7.85. The quantitative estimate of drug-likeness (QED) is 0.179. The van der Waals surface area contributed by atoms with Crippen molar-refractivity contribution in [3.8, 4) is 5.75 Å². The van der Waals surface area contributed by atoms with E-state index in [1.807, 2.05) is 44.2 Å². The lowest BCUT2D eigenvalue weighted by molar-refractivity contribution is -0.143. The van der Waals surface area contributed by atoms with Crippen molar-refractivity contribution in [3.05, 3.63) is 65.7 Å². The number of likely N-dealkylation sites (tertiary alicyclic amines) is 1. The van der Waals surface area contributed by atoms with Crippen LogP contribution < -0.4 is 27.0 Å². The van der Waals surface area contributed by atoms with Crippen LogP contribution in [0.2, 0.25) is 0 Å². The summed E-state index contributed by atoms with van der Waals surface area (Å²) in [5.74, 6) is -2.70. The number of hydrogen-bond donors (Lipinski definition) is 6. The number of phenols is 1. The predicted octanol–water partition coefficient (Wildman–Crippen LogP) is 0.372. The first kappa shape index (κ1) is 34.0. The van der Waals surface area contributed by atoms with Gasteiger partial charge in [0, 0.05) is 19.4 Å². The Kier molecular flexibility index (Phi) is 12.3. The average Bonchev–Trinajstić information content (AvgIpc) is 3.50. The Morgan fingerprint density at radius 3 is 2.07 bits per heavy atom. The molecule has 2 aromatic carbocycles. The van der Waals surface area contributed by atoms with Crippen molar-refractivity contribution in [2.24, 2.45) is 11.7 Å². The van der Waals surface area contributed by atoms with Gasteiger partial charge in [0.05, 0.1) is 6.04 Å². The highest BCUT2D eigenvalue weighted by Crippen LogP contribution is 2.21. The van der Waals surface area contributed by atoms with Crippen LogP contribution in [-0.2, 0) is 36.8 Å². The Labute approximate surface area is 258 Å². The van der Waals surface area contributed by atoms with Crippen molar-refractivity contribution < 1.29 is 29.1 Å². The maximum atomic E-state index is 13.7. The molecule has 0 saturated carbocycles. The van der Waals surface area contributed by atoms with E-state index in [1.54, 1.807) is 26.1 Å². The second-order valence-electron chi connectivity index (χ2n) is 11.5. The largest absolute Gasteiger partial charge is 0.508 e. The van der Waals surface area contributed by atoms with E-state index in [2.05, 4.69) is 21.3 Å². The van der Waals surface area contributed by atoms with Gasteiger partial charge in [-0.15, -0.1) is 0 Å². The van der Waals surface area contributed by atoms with Gasteiger partial charge in [-0.3, -0.25) is 24.0 Å². The van der Waals surface area contributed by atoms with Gasteiger partial charge in [-0.1, -0.05) is 56.3 Å². The SMILES string of the molecule is CN[C@@H](C)C(=O)N[C@H](C(=O)N1CCC[C@H]1C(=O)N[C@@H](Cc1ccccc1)C(=O)N[C@@H](Cc1ccc(O)cc1)C(N)=O)C(C)C. The molecule has 5 amide bonds. The van der Waals surface area contributed by atoms with E-state index in [-0.39, 0.29) is 36.3 Å². The van der Waals surface area contributed by atoms with Crippen LogP contribution in [0.25, 0.3) is 0 Å². The third-order valence-corrected chi connectivity index (χ3v) is 7.85. The fraction of sp³-hybridized carbons (Fsp3) is 0.469. The monoisotopic (exact) mass is 608 g/mol. The molecule has 3 rings (SSSR count). The van der Waals surface area contributed by atoms with Crippen molar-refractivity contribution in [3.63, 3.8) is 0 Å². The van der Waals surface area contributed by atoms with Crippen LogP contribution in [-0.4, -0.2) is 83.3 Å². The smallest absolute Gasteiger partial charge is 0.246 e. The lowest BCUT2D eigenvalue weighted by Gasteiger charge is -2.32. The van der Waals surface area contributed by atoms with Crippen molar-refractivity contribution >= 4 is 29.5 Å². The predicted molar refractivity (Wildman–Crippen MR) is 165 cm³/mol. The van der Waals surface area contributed by atoms with E-state index in [0.29, 0.717) is 24.9 Å². The van der Waals surface area contributed by atoms with Gasteiger partial charge in [-0.25, -0.2) is 0 Å². The van der Waals surface area contributed by atoms with Crippen LogP contribution >= 0.6 is 0 Å². The van der Waals surface area contributed by atoms with Gasteiger partial charge < -0.3 is 37.0 Å². The van der Waals surface area contributed by atoms with Crippen LogP contribution in [0.3, 0.4) is 0 Å². The fourth-order valence-corrected chi connectivity index (χ4v) is 5.09. The van der Waals surface area contributed by atoms with Gasteiger partial charge in [-0.05, 0) is 56.0 Å². The summed E-state index contributed by atoms with van der Waals surface area (Å²) in [5.41, 5.74) is 7.07. The average molecular weight is 609 g/mol. The highest BCUT2D eigenvalue weighted by Gasteiger charge is 2.40. The molecule has 1 fully saturated rings. The number of aromatic hydroxyl groups is 1. The van der Waals surface area contributed by atoms with E-state index in [0.717, 1.165) is 5.56 Å². The normalized spacial score (nSPS) is 17.3. The first-order valence-electron chi connectivity index (χ1n) is 14.9. The first-order valence-corrected chi connectivity index (χ1v) is 14.9. The number of primary amides is 1. The number of nitrogens with one attached hydrogen (secondary N) is 4. The molecule has 0 aromatic heterocycles. The van der Waals surface area contributed by atoms with Crippen molar-refractivity contribution in [2.45, 2.75) is 76.7 Å². The molecule has 7 N–H and O–H groups in total. The summed E-state index contributed by atoms with van der Waals surface area (Å²) in [5, 5.41) is 20.7. The summed E-state index contributed by atoms with van der Waals surface area (Å²) >= 11 is 0. The summed E-state index contributed by atoms with van der Waals surface area (Å²) in [6.07, 6.45) is 1.21. The number of carbonyl (C=O) groups excluding carboxylic acids is 5. The van der Waals surface area contributed by atoms with Crippen molar-refractivity contribution in [1.29, 1.82) is 0 Å². The van der Waals surface area contributed by atoms with Gasteiger partial charge in [0.15, 0.2) is 0 Å². The van der Waals surface area contributed by atoms with E-state index < -0.39 is 47.9 Å². The number of benzene rings is 2. The van der Waals surface area contributed by atoms with Gasteiger partial charge >= 0.3 is 0 Å². The first-order chi connectivity index (χ1) is 20.9. The molecule has 0 aliphatic carbocycles. The van der Waals surface area contributed by atoms with Crippen molar-refractivity contribution in [2.75, 3.05) is 13.6 Å². The summed E-state index contributed by atoms with van der Waals surface area (Å²) in [7, 11) is 1.65. The van der Waals surface area contributed by atoms with Crippen LogP contribution in [0, 0.1) is 5.92 Å². The maximum absolute atomic E-state index is 13.7. The molecule has 0 bridgehead atoms. The van der Waals surface area contributed by atoms with Crippen LogP contribution in [0.4, 0.5) is 0 Å². The molecule has 0 radical (unpaired) electrons. The van der Waals surface area contributed by atoms with Gasteiger partial charge in [-0.2, -0.15) is 0 Å². The number of likely N-dealkylation sites (N-methyl/N-ethyl adjacent to an activating group) is 1. The zero-order valence-corrected chi connectivity index (χ0v) is 25.7. The molecular formula is C32H44N6O6. The van der Waals surface area contributed by atoms with E-state index >= 15 is 0 Å². The molecule has 238 valence electrons. The summed E-state index contributed by atoms with van der Waals surface area (Å²) < 4.78 is 0. The Morgan fingerprint density at radius 1 is 0.864 bits per heavy atom. The molecule has 1 heterocycles. The van der Waals surface area contributed by atoms with Gasteiger partial charge in [0.25, 0.3) is 0 Å². The Hall–Kier alpha value is -4.45. The van der Waals surface area contributed by atoms with E-state index in [1.165, 1.54) is 17.0 Å². The molecule has 44 heavy (non-hydrogen) atoms. The molecule has 12 heteroatoms. The number of nitrogens with zero attached hydrogens (tertiary/aromatic N) is 1. The zero-order valence-electron chi connectivity index (χ0n) is 25.7. The summed E-state index contributed by atoms with van der Waals surface area (Å²) in [6, 6.07) is 11.0. The van der Waals surface area contributed by atoms with Crippen LogP contribution in [0.15, 0.2) is 54.6 Å². The molecular weight excluding hydrogens is 564 g/mol. The summed E-state index contributed by atoms with van der Waals surface area (Å²) in [6.45, 7) is 5.68. The van der Waals surface area contributed by atoms with Gasteiger partial charge in [0.1, 0.15) is 29.9 Å². The third kappa shape index (κ3) is 9.27. The van der Waals surface area contributed by atoms with Crippen LogP contribution in [0.5, 0.6) is 5.75 Å². The number of nitrogens with two attached hydrogens (primary N) is 1. The zero-order chi connectivity index (χ0) is 32.4. The standard InChI is InChI=1S/C32H44N6O6/c1-19(2)27(37-29(41)20(3)34-4)32(44)38-16-8-11-26(38)31(43)36-25(18-21-9-6-5-7-10-21)30(42)35-24(28(33)40)17-22-12-14-23(39)15-13-22/h5-7,9-10,12-15,19-20,24-27,34,39H,8,11,16-18H2,1-4H3,(H2,33,40)(H,35,42)(H,36,43)(H,37,41)/t20-,24-,25-,26-,27-/m0/s1. The maximum Gasteiger partial charge on any atom is 0.246 e. The minimum absolute atomic E-state index is 0.0631. The molecule has 12 nitrogen and oxygen atoms in total. The molecule has 1 aliphatic rings. The molecule has 2 aromatic rings. The molecule has 0 spiro atoms. The highest BCUT2D eigenvalue weighted by atomic mass is 16.3. The van der Waals surface area contributed by atoms with E-state index in [9.17, 15) is 29.1 Å².